The fourth-order valence-electron chi connectivity index (χ4n) is 2.77. The molecule has 0 spiro atoms. The molecule has 0 aliphatic rings. The molecular formula is C21H23N3O2. The summed E-state index contributed by atoms with van der Waals surface area (Å²) >= 11 is 0. The van der Waals surface area contributed by atoms with Crippen molar-refractivity contribution in [3.05, 3.63) is 66.4 Å². The fourth-order valence-corrected chi connectivity index (χ4v) is 2.77. The van der Waals surface area contributed by atoms with Crippen molar-refractivity contribution >= 4 is 5.91 Å². The van der Waals surface area contributed by atoms with Crippen LogP contribution in [-0.4, -0.2) is 29.3 Å². The lowest BCUT2D eigenvalue weighted by Crippen LogP contribution is -2.24. The molecule has 0 radical (unpaired) electrons. The van der Waals surface area contributed by atoms with E-state index in [2.05, 4.69) is 17.3 Å². The third kappa shape index (κ3) is 3.77. The highest BCUT2D eigenvalue weighted by Gasteiger charge is 2.20. The zero-order valence-electron chi connectivity index (χ0n) is 15.1. The van der Waals surface area contributed by atoms with Gasteiger partial charge in [-0.05, 0) is 30.7 Å². The molecule has 0 fully saturated rings. The van der Waals surface area contributed by atoms with Crippen LogP contribution in [0.2, 0.25) is 0 Å². The minimum Gasteiger partial charge on any atom is -0.496 e. The lowest BCUT2D eigenvalue weighted by atomic mass is 10.1. The van der Waals surface area contributed by atoms with Crippen LogP contribution in [0.5, 0.6) is 5.75 Å². The van der Waals surface area contributed by atoms with E-state index in [1.807, 2.05) is 54.6 Å². The van der Waals surface area contributed by atoms with Crippen LogP contribution in [0.15, 0.2) is 60.8 Å². The minimum atomic E-state index is -0.124. The maximum Gasteiger partial charge on any atom is 0.255 e. The van der Waals surface area contributed by atoms with Crippen LogP contribution in [-0.2, 0) is 0 Å². The number of para-hydroxylation sites is 2. The average Bonchev–Trinajstić information content (AvgIpc) is 3.14. The average molecular weight is 349 g/mol. The molecule has 1 aromatic heterocycles. The first-order chi connectivity index (χ1) is 12.7. The van der Waals surface area contributed by atoms with Crippen molar-refractivity contribution in [1.29, 1.82) is 0 Å². The Labute approximate surface area is 153 Å². The molecule has 1 heterocycles. The second kappa shape index (κ2) is 8.34. The van der Waals surface area contributed by atoms with Crippen LogP contribution in [0.4, 0.5) is 0 Å². The quantitative estimate of drug-likeness (QED) is 0.654. The van der Waals surface area contributed by atoms with Crippen LogP contribution in [0.1, 0.15) is 30.1 Å². The summed E-state index contributed by atoms with van der Waals surface area (Å²) in [6, 6.07) is 17.4. The smallest absolute Gasteiger partial charge is 0.255 e. The van der Waals surface area contributed by atoms with Crippen molar-refractivity contribution in [2.75, 3.05) is 13.7 Å². The topological polar surface area (TPSA) is 56.2 Å². The van der Waals surface area contributed by atoms with Gasteiger partial charge in [0.2, 0.25) is 0 Å². The molecule has 0 unspecified atom stereocenters. The van der Waals surface area contributed by atoms with Crippen LogP contribution < -0.4 is 10.1 Å². The third-order valence-electron chi connectivity index (χ3n) is 4.16. The van der Waals surface area contributed by atoms with Gasteiger partial charge in [0.25, 0.3) is 5.91 Å². The number of carbonyl (C=O) groups is 1. The van der Waals surface area contributed by atoms with E-state index in [9.17, 15) is 4.79 Å². The number of aromatic nitrogens is 2. The van der Waals surface area contributed by atoms with Gasteiger partial charge in [-0.1, -0.05) is 43.7 Å². The van der Waals surface area contributed by atoms with Gasteiger partial charge >= 0.3 is 0 Å². The van der Waals surface area contributed by atoms with E-state index in [0.29, 0.717) is 23.6 Å². The summed E-state index contributed by atoms with van der Waals surface area (Å²) in [4.78, 5) is 12.8. The Balaban J connectivity index is 2.06. The molecule has 3 aromatic rings. The number of hydrogen-bond donors (Lipinski definition) is 1. The summed E-state index contributed by atoms with van der Waals surface area (Å²) in [7, 11) is 1.62. The Hall–Kier alpha value is -3.08. The van der Waals surface area contributed by atoms with E-state index in [4.69, 9.17) is 4.74 Å². The number of amides is 1. The summed E-state index contributed by atoms with van der Waals surface area (Å²) < 4.78 is 7.20. The number of methoxy groups -OCH3 is 1. The number of nitrogens with zero attached hydrogens (tertiary/aromatic N) is 2. The Morgan fingerprint density at radius 2 is 1.85 bits per heavy atom. The Kier molecular flexibility index (Phi) is 5.69. The van der Waals surface area contributed by atoms with Gasteiger partial charge in [0.1, 0.15) is 11.4 Å². The first-order valence-electron chi connectivity index (χ1n) is 8.81. The normalized spacial score (nSPS) is 10.5. The van der Waals surface area contributed by atoms with Gasteiger partial charge in [-0.3, -0.25) is 4.79 Å². The molecule has 2 aromatic carbocycles. The van der Waals surface area contributed by atoms with Crippen molar-refractivity contribution < 1.29 is 9.53 Å². The Bertz CT molecular complexity index is 872. The first kappa shape index (κ1) is 17.7. The zero-order chi connectivity index (χ0) is 18.4. The summed E-state index contributed by atoms with van der Waals surface area (Å²) in [6.45, 7) is 2.75. The van der Waals surface area contributed by atoms with E-state index < -0.39 is 0 Å². The molecule has 0 bridgehead atoms. The molecule has 0 saturated carbocycles. The van der Waals surface area contributed by atoms with Crippen molar-refractivity contribution in [3.8, 4) is 22.7 Å². The summed E-state index contributed by atoms with van der Waals surface area (Å²) in [5.74, 6) is 0.565. The maximum atomic E-state index is 12.8. The van der Waals surface area contributed by atoms with Gasteiger partial charge in [0.05, 0.1) is 18.4 Å². The number of unbranched alkanes of at least 4 members (excludes halogenated alkanes) is 1. The molecule has 134 valence electrons. The molecule has 1 N–H and O–H groups in total. The van der Waals surface area contributed by atoms with Gasteiger partial charge in [-0.25, -0.2) is 4.68 Å². The summed E-state index contributed by atoms with van der Waals surface area (Å²) in [6.07, 6.45) is 3.75. The summed E-state index contributed by atoms with van der Waals surface area (Å²) in [5, 5.41) is 7.66. The molecule has 0 atom stereocenters. The number of nitrogens with one attached hydrogen (secondary N) is 1. The van der Waals surface area contributed by atoms with Crippen molar-refractivity contribution in [2.45, 2.75) is 19.8 Å². The molecule has 26 heavy (non-hydrogen) atoms. The van der Waals surface area contributed by atoms with Crippen LogP contribution in [0.3, 0.4) is 0 Å². The highest BCUT2D eigenvalue weighted by Crippen LogP contribution is 2.31. The van der Waals surface area contributed by atoms with E-state index in [0.717, 1.165) is 24.1 Å². The summed E-state index contributed by atoms with van der Waals surface area (Å²) in [5.41, 5.74) is 2.84. The Morgan fingerprint density at radius 3 is 2.58 bits per heavy atom. The van der Waals surface area contributed by atoms with E-state index in [1.165, 1.54) is 0 Å². The van der Waals surface area contributed by atoms with Crippen molar-refractivity contribution in [2.24, 2.45) is 0 Å². The first-order valence-corrected chi connectivity index (χ1v) is 8.81. The standard InChI is InChI=1S/C21H23N3O2/c1-3-4-14-22-21(25)18-15-24(16-10-6-5-7-11-16)23-20(18)17-12-8-9-13-19(17)26-2/h5-13,15H,3-4,14H2,1-2H3,(H,22,25). The van der Waals surface area contributed by atoms with E-state index >= 15 is 0 Å². The van der Waals surface area contributed by atoms with Crippen molar-refractivity contribution in [3.63, 3.8) is 0 Å². The van der Waals surface area contributed by atoms with E-state index in [1.54, 1.807) is 18.0 Å². The van der Waals surface area contributed by atoms with Crippen LogP contribution in [0.25, 0.3) is 16.9 Å². The second-order valence-corrected chi connectivity index (χ2v) is 5.98. The molecule has 5 heteroatoms. The van der Waals surface area contributed by atoms with Crippen LogP contribution >= 0.6 is 0 Å². The molecule has 0 aliphatic heterocycles. The molecule has 0 saturated heterocycles. The van der Waals surface area contributed by atoms with E-state index in [-0.39, 0.29) is 5.91 Å². The van der Waals surface area contributed by atoms with Gasteiger partial charge in [-0.15, -0.1) is 0 Å². The molecule has 0 aliphatic carbocycles. The largest absolute Gasteiger partial charge is 0.496 e. The van der Waals surface area contributed by atoms with Gasteiger partial charge < -0.3 is 10.1 Å². The highest BCUT2D eigenvalue weighted by molar-refractivity contribution is 6.00. The minimum absolute atomic E-state index is 0.124. The predicted octanol–water partition coefficient (Wildman–Crippen LogP) is 4.08. The fraction of sp³-hybridized carbons (Fsp3) is 0.238. The predicted molar refractivity (Wildman–Crippen MR) is 103 cm³/mol. The SMILES string of the molecule is CCCCNC(=O)c1cn(-c2ccccc2)nc1-c1ccccc1OC. The maximum absolute atomic E-state index is 12.8. The monoisotopic (exact) mass is 349 g/mol. The molecule has 5 nitrogen and oxygen atoms in total. The zero-order valence-corrected chi connectivity index (χ0v) is 15.1. The third-order valence-corrected chi connectivity index (χ3v) is 4.16. The van der Waals surface area contributed by atoms with Gasteiger partial charge in [0.15, 0.2) is 0 Å². The highest BCUT2D eigenvalue weighted by atomic mass is 16.5. The second-order valence-electron chi connectivity index (χ2n) is 5.98. The number of carbonyl (C=O) groups excluding carboxylic acids is 1. The number of hydrogen-bond acceptors (Lipinski definition) is 3. The van der Waals surface area contributed by atoms with Crippen LogP contribution in [0, 0.1) is 0 Å². The lowest BCUT2D eigenvalue weighted by Gasteiger charge is -2.08. The van der Waals surface area contributed by atoms with Gasteiger partial charge in [0, 0.05) is 18.3 Å². The van der Waals surface area contributed by atoms with Crippen molar-refractivity contribution in [1.82, 2.24) is 15.1 Å². The number of ether oxygens (including phenoxy) is 1. The number of rotatable bonds is 7. The molecular weight excluding hydrogens is 326 g/mol. The molecule has 1 amide bonds. The van der Waals surface area contributed by atoms with Gasteiger partial charge in [-0.2, -0.15) is 5.10 Å². The Morgan fingerprint density at radius 1 is 1.12 bits per heavy atom. The molecule has 3 rings (SSSR count). The number of benzene rings is 2. The lowest BCUT2D eigenvalue weighted by molar-refractivity contribution is 0.0954.